The monoisotopic (exact) mass is 359 g/mol. The third kappa shape index (κ3) is 4.12. The summed E-state index contributed by atoms with van der Waals surface area (Å²) in [5.41, 5.74) is 3.16. The van der Waals surface area contributed by atoms with Crippen molar-refractivity contribution < 1.29 is 9.53 Å². The number of carbonyl (C=O) groups excluding carboxylic acids is 1. The number of ether oxygens (including phenoxy) is 1. The van der Waals surface area contributed by atoms with Gasteiger partial charge in [-0.1, -0.05) is 25.1 Å². The van der Waals surface area contributed by atoms with Gasteiger partial charge in [0.2, 0.25) is 0 Å². The smallest absolute Gasteiger partial charge is 0.302 e. The molecular formula is C19H22ClN3O2. The van der Waals surface area contributed by atoms with E-state index in [9.17, 15) is 4.79 Å². The van der Waals surface area contributed by atoms with Gasteiger partial charge in [0.1, 0.15) is 6.61 Å². The lowest BCUT2D eigenvalue weighted by molar-refractivity contribution is -0.142. The van der Waals surface area contributed by atoms with Gasteiger partial charge < -0.3 is 4.74 Å². The summed E-state index contributed by atoms with van der Waals surface area (Å²) < 4.78 is 7.35. The first-order chi connectivity index (χ1) is 11.7. The number of hydrogen-bond donors (Lipinski definition) is 0. The fourth-order valence-corrected chi connectivity index (χ4v) is 2.81. The molecule has 0 bridgehead atoms. The molecule has 0 radical (unpaired) electrons. The first-order valence-electron chi connectivity index (χ1n) is 8.11. The first-order valence-corrected chi connectivity index (χ1v) is 8.11. The van der Waals surface area contributed by atoms with E-state index in [-0.39, 0.29) is 25.0 Å². The Morgan fingerprint density at radius 1 is 1.20 bits per heavy atom. The standard InChI is InChI=1S/C19H21N3O2.ClH/c1-3-12-21(17-8-10-20-11-9-17)22-13-16(14-24-15(2)23)18-6-4-5-7-19(18)22;/h4-11,13H,3,12,14H2,1-2H3;1H. The van der Waals surface area contributed by atoms with Crippen LogP contribution in [0, 0.1) is 0 Å². The number of esters is 1. The van der Waals surface area contributed by atoms with Gasteiger partial charge in [-0.15, -0.1) is 12.4 Å². The summed E-state index contributed by atoms with van der Waals surface area (Å²) in [6.07, 6.45) is 6.64. The van der Waals surface area contributed by atoms with E-state index in [0.29, 0.717) is 0 Å². The molecule has 0 aliphatic carbocycles. The molecule has 5 nitrogen and oxygen atoms in total. The zero-order chi connectivity index (χ0) is 16.9. The molecule has 0 unspecified atom stereocenters. The van der Waals surface area contributed by atoms with Gasteiger partial charge in [0.15, 0.2) is 0 Å². The Bertz CT molecular complexity index is 833. The normalized spacial score (nSPS) is 10.3. The molecule has 2 aromatic heterocycles. The zero-order valence-electron chi connectivity index (χ0n) is 14.4. The molecule has 132 valence electrons. The molecule has 0 aliphatic rings. The Morgan fingerprint density at radius 3 is 2.60 bits per heavy atom. The highest BCUT2D eigenvalue weighted by Gasteiger charge is 2.15. The van der Waals surface area contributed by atoms with Crippen LogP contribution in [0.4, 0.5) is 5.69 Å². The Hall–Kier alpha value is -2.53. The molecule has 0 amide bonds. The second-order valence-electron chi connectivity index (χ2n) is 5.62. The average molecular weight is 360 g/mol. The van der Waals surface area contributed by atoms with Crippen LogP contribution in [-0.2, 0) is 16.1 Å². The molecule has 0 aliphatic heterocycles. The van der Waals surface area contributed by atoms with Crippen molar-refractivity contribution in [3.05, 3.63) is 60.6 Å². The van der Waals surface area contributed by atoms with Crippen molar-refractivity contribution in [1.82, 2.24) is 9.66 Å². The molecule has 3 aromatic rings. The SMILES string of the molecule is CCCN(c1ccncc1)n1cc(COC(C)=O)c2ccccc21.Cl. The number of anilines is 1. The van der Waals surface area contributed by atoms with Gasteiger partial charge in [-0.05, 0) is 24.6 Å². The van der Waals surface area contributed by atoms with Gasteiger partial charge in [-0.3, -0.25) is 19.5 Å². The Kier molecular flexibility index (Phi) is 6.42. The molecule has 25 heavy (non-hydrogen) atoms. The molecule has 3 rings (SSSR count). The van der Waals surface area contributed by atoms with Crippen LogP contribution in [0.25, 0.3) is 10.9 Å². The van der Waals surface area contributed by atoms with Crippen molar-refractivity contribution in [2.24, 2.45) is 0 Å². The second kappa shape index (κ2) is 8.53. The molecular weight excluding hydrogens is 338 g/mol. The van der Waals surface area contributed by atoms with Crippen molar-refractivity contribution in [2.45, 2.75) is 26.9 Å². The maximum absolute atomic E-state index is 11.2. The second-order valence-corrected chi connectivity index (χ2v) is 5.62. The van der Waals surface area contributed by atoms with Gasteiger partial charge in [0.05, 0.1) is 11.2 Å². The van der Waals surface area contributed by atoms with Crippen LogP contribution in [-0.4, -0.2) is 22.2 Å². The Labute approximate surface area is 153 Å². The molecule has 0 saturated heterocycles. The first kappa shape index (κ1) is 18.8. The van der Waals surface area contributed by atoms with Crippen molar-refractivity contribution in [2.75, 3.05) is 11.6 Å². The summed E-state index contributed by atoms with van der Waals surface area (Å²) in [6.45, 7) is 4.73. The summed E-state index contributed by atoms with van der Waals surface area (Å²) in [5, 5.41) is 3.30. The predicted octanol–water partition coefficient (Wildman–Crippen LogP) is 4.20. The van der Waals surface area contributed by atoms with Crippen molar-refractivity contribution in [1.29, 1.82) is 0 Å². The lowest BCUT2D eigenvalue weighted by Gasteiger charge is -2.26. The van der Waals surface area contributed by atoms with Gasteiger partial charge in [0, 0.05) is 43.0 Å². The van der Waals surface area contributed by atoms with Gasteiger partial charge >= 0.3 is 5.97 Å². The van der Waals surface area contributed by atoms with Gasteiger partial charge in [-0.2, -0.15) is 0 Å². The topological polar surface area (TPSA) is 47.4 Å². The molecule has 0 fully saturated rings. The number of carbonyl (C=O) groups is 1. The van der Waals surface area contributed by atoms with E-state index in [1.165, 1.54) is 6.92 Å². The van der Waals surface area contributed by atoms with Gasteiger partial charge in [0.25, 0.3) is 0 Å². The summed E-state index contributed by atoms with van der Waals surface area (Å²) >= 11 is 0. The minimum absolute atomic E-state index is 0. The number of rotatable bonds is 6. The highest BCUT2D eigenvalue weighted by molar-refractivity contribution is 5.85. The minimum Gasteiger partial charge on any atom is -0.461 e. The van der Waals surface area contributed by atoms with Gasteiger partial charge in [-0.25, -0.2) is 0 Å². The van der Waals surface area contributed by atoms with Crippen molar-refractivity contribution in [3.63, 3.8) is 0 Å². The van der Waals surface area contributed by atoms with E-state index in [2.05, 4.69) is 33.7 Å². The largest absolute Gasteiger partial charge is 0.461 e. The number of halogens is 1. The summed E-state index contributed by atoms with van der Waals surface area (Å²) in [5.74, 6) is -0.272. The van der Waals surface area contributed by atoms with Crippen LogP contribution < -0.4 is 5.01 Å². The maximum atomic E-state index is 11.2. The minimum atomic E-state index is -0.272. The molecule has 0 saturated carbocycles. The van der Waals surface area contributed by atoms with E-state index < -0.39 is 0 Å². The van der Waals surface area contributed by atoms with Crippen LogP contribution in [0.3, 0.4) is 0 Å². The number of aromatic nitrogens is 2. The molecule has 0 spiro atoms. The summed E-state index contributed by atoms with van der Waals surface area (Å²) in [7, 11) is 0. The average Bonchev–Trinajstić information content (AvgIpc) is 2.97. The number of nitrogens with zero attached hydrogens (tertiary/aromatic N) is 3. The van der Waals surface area contributed by atoms with Crippen LogP contribution in [0.5, 0.6) is 0 Å². The third-order valence-electron chi connectivity index (χ3n) is 3.86. The lowest BCUT2D eigenvalue weighted by atomic mass is 10.2. The number of pyridine rings is 1. The van der Waals surface area contributed by atoms with Crippen molar-refractivity contribution in [3.8, 4) is 0 Å². The van der Waals surface area contributed by atoms with Crippen LogP contribution in [0.15, 0.2) is 55.0 Å². The number of benzene rings is 1. The summed E-state index contributed by atoms with van der Waals surface area (Å²) in [6, 6.07) is 12.1. The van der Waals surface area contributed by atoms with E-state index in [0.717, 1.165) is 35.1 Å². The molecule has 0 N–H and O–H groups in total. The van der Waals surface area contributed by atoms with E-state index in [4.69, 9.17) is 4.74 Å². The number of fused-ring (bicyclic) bond motifs is 1. The Balaban J connectivity index is 0.00000225. The quantitative estimate of drug-likeness (QED) is 0.619. The maximum Gasteiger partial charge on any atom is 0.302 e. The predicted molar refractivity (Wildman–Crippen MR) is 102 cm³/mol. The number of hydrogen-bond acceptors (Lipinski definition) is 4. The van der Waals surface area contributed by atoms with Crippen LogP contribution in [0.1, 0.15) is 25.8 Å². The van der Waals surface area contributed by atoms with Crippen LogP contribution >= 0.6 is 12.4 Å². The Morgan fingerprint density at radius 2 is 1.92 bits per heavy atom. The zero-order valence-corrected chi connectivity index (χ0v) is 15.2. The highest BCUT2D eigenvalue weighted by Crippen LogP contribution is 2.25. The number of para-hydroxylation sites is 1. The molecule has 6 heteroatoms. The van der Waals surface area contributed by atoms with E-state index >= 15 is 0 Å². The fourth-order valence-electron chi connectivity index (χ4n) is 2.81. The fraction of sp³-hybridized carbons (Fsp3) is 0.263. The molecule has 1 aromatic carbocycles. The van der Waals surface area contributed by atoms with E-state index in [1.54, 1.807) is 12.4 Å². The highest BCUT2D eigenvalue weighted by atomic mass is 35.5. The third-order valence-corrected chi connectivity index (χ3v) is 3.86. The van der Waals surface area contributed by atoms with E-state index in [1.807, 2.05) is 30.5 Å². The molecule has 0 atom stereocenters. The van der Waals surface area contributed by atoms with Crippen LogP contribution in [0.2, 0.25) is 0 Å². The van der Waals surface area contributed by atoms with Crippen molar-refractivity contribution >= 4 is 35.0 Å². The summed E-state index contributed by atoms with van der Waals surface area (Å²) in [4.78, 5) is 15.3. The molecule has 2 heterocycles. The lowest BCUT2D eigenvalue weighted by Crippen LogP contribution is -2.29.